The molecule has 0 aliphatic heterocycles. The average molecular weight is 162 g/mol. The summed E-state index contributed by atoms with van der Waals surface area (Å²) in [6.45, 7) is 5.79. The van der Waals surface area contributed by atoms with Crippen molar-refractivity contribution < 1.29 is 0 Å². The SMILES string of the molecule is Cc1nc(C)c2n[nH]c(C)c2n1. The van der Waals surface area contributed by atoms with Crippen LogP contribution in [-0.4, -0.2) is 20.2 Å². The van der Waals surface area contributed by atoms with E-state index >= 15 is 0 Å². The molecule has 0 bridgehead atoms. The molecule has 0 aliphatic carbocycles. The van der Waals surface area contributed by atoms with Crippen LogP contribution in [0.5, 0.6) is 0 Å². The number of fused-ring (bicyclic) bond motifs is 1. The summed E-state index contributed by atoms with van der Waals surface area (Å²) >= 11 is 0. The van der Waals surface area contributed by atoms with Crippen molar-refractivity contribution in [3.8, 4) is 0 Å². The standard InChI is InChI=1S/C8H10N4/c1-4-8-7(5(2)11-12-8)10-6(3)9-4/h1-3H3,(H,11,12). The summed E-state index contributed by atoms with van der Waals surface area (Å²) < 4.78 is 0. The second-order valence-electron chi connectivity index (χ2n) is 2.90. The minimum Gasteiger partial charge on any atom is -0.280 e. The highest BCUT2D eigenvalue weighted by atomic mass is 15.1. The fraction of sp³-hybridized carbons (Fsp3) is 0.375. The topological polar surface area (TPSA) is 54.5 Å². The summed E-state index contributed by atoms with van der Waals surface area (Å²) in [6, 6.07) is 0. The molecule has 1 N–H and O–H groups in total. The van der Waals surface area contributed by atoms with Crippen LogP contribution in [0.1, 0.15) is 17.2 Å². The molecular weight excluding hydrogens is 152 g/mol. The van der Waals surface area contributed by atoms with Crippen LogP contribution >= 0.6 is 0 Å². The summed E-state index contributed by atoms with van der Waals surface area (Å²) in [5.41, 5.74) is 3.73. The molecule has 0 unspecified atom stereocenters. The van der Waals surface area contributed by atoms with E-state index in [0.29, 0.717) is 0 Å². The molecule has 0 radical (unpaired) electrons. The van der Waals surface area contributed by atoms with Gasteiger partial charge in [0, 0.05) is 0 Å². The van der Waals surface area contributed by atoms with E-state index in [0.717, 1.165) is 28.2 Å². The molecular formula is C8H10N4. The van der Waals surface area contributed by atoms with E-state index in [-0.39, 0.29) is 0 Å². The van der Waals surface area contributed by atoms with Crippen LogP contribution in [0, 0.1) is 20.8 Å². The summed E-state index contributed by atoms with van der Waals surface area (Å²) in [4.78, 5) is 8.51. The molecule has 0 saturated heterocycles. The third kappa shape index (κ3) is 0.879. The van der Waals surface area contributed by atoms with Crippen molar-refractivity contribution in [2.75, 3.05) is 0 Å². The first kappa shape index (κ1) is 7.21. The first-order valence-electron chi connectivity index (χ1n) is 3.84. The van der Waals surface area contributed by atoms with Gasteiger partial charge in [-0.05, 0) is 20.8 Å². The van der Waals surface area contributed by atoms with Gasteiger partial charge in [-0.25, -0.2) is 9.97 Å². The Morgan fingerprint density at radius 1 is 1.00 bits per heavy atom. The van der Waals surface area contributed by atoms with Crippen molar-refractivity contribution in [2.45, 2.75) is 20.8 Å². The number of hydrogen-bond donors (Lipinski definition) is 1. The van der Waals surface area contributed by atoms with Gasteiger partial charge in [0.25, 0.3) is 0 Å². The van der Waals surface area contributed by atoms with Gasteiger partial charge in [0.1, 0.15) is 16.9 Å². The van der Waals surface area contributed by atoms with Crippen LogP contribution in [0.3, 0.4) is 0 Å². The highest BCUT2D eigenvalue weighted by Gasteiger charge is 2.06. The Morgan fingerprint density at radius 2 is 1.75 bits per heavy atom. The predicted molar refractivity (Wildman–Crippen MR) is 45.9 cm³/mol. The average Bonchev–Trinajstić information content (AvgIpc) is 2.33. The fourth-order valence-corrected chi connectivity index (χ4v) is 1.29. The van der Waals surface area contributed by atoms with Crippen molar-refractivity contribution in [3.05, 3.63) is 17.2 Å². The quantitative estimate of drug-likeness (QED) is 0.634. The van der Waals surface area contributed by atoms with Crippen LogP contribution in [-0.2, 0) is 0 Å². The number of nitrogens with one attached hydrogen (secondary N) is 1. The lowest BCUT2D eigenvalue weighted by molar-refractivity contribution is 1.04. The zero-order valence-electron chi connectivity index (χ0n) is 7.34. The van der Waals surface area contributed by atoms with Gasteiger partial charge in [-0.2, -0.15) is 5.10 Å². The van der Waals surface area contributed by atoms with Crippen molar-refractivity contribution >= 4 is 11.0 Å². The van der Waals surface area contributed by atoms with Crippen LogP contribution in [0.25, 0.3) is 11.0 Å². The van der Waals surface area contributed by atoms with E-state index in [2.05, 4.69) is 20.2 Å². The molecule has 2 rings (SSSR count). The molecule has 2 aromatic heterocycles. The number of hydrogen-bond acceptors (Lipinski definition) is 3. The third-order valence-corrected chi connectivity index (χ3v) is 1.86. The molecule has 4 nitrogen and oxygen atoms in total. The monoisotopic (exact) mass is 162 g/mol. The lowest BCUT2D eigenvalue weighted by Gasteiger charge is -1.95. The van der Waals surface area contributed by atoms with E-state index in [9.17, 15) is 0 Å². The predicted octanol–water partition coefficient (Wildman–Crippen LogP) is 1.28. The van der Waals surface area contributed by atoms with E-state index in [4.69, 9.17) is 0 Å². The van der Waals surface area contributed by atoms with Gasteiger partial charge in [0.2, 0.25) is 0 Å². The summed E-state index contributed by atoms with van der Waals surface area (Å²) in [5.74, 6) is 0.796. The maximum Gasteiger partial charge on any atom is 0.132 e. The highest BCUT2D eigenvalue weighted by Crippen LogP contribution is 2.14. The molecule has 0 spiro atoms. The minimum atomic E-state index is 0.796. The number of rotatable bonds is 0. The lowest BCUT2D eigenvalue weighted by atomic mass is 10.3. The first-order valence-corrected chi connectivity index (χ1v) is 3.84. The highest BCUT2D eigenvalue weighted by molar-refractivity contribution is 5.78. The molecule has 0 saturated carbocycles. The Balaban J connectivity index is 2.92. The van der Waals surface area contributed by atoms with Gasteiger partial charge in [0.05, 0.1) is 11.4 Å². The molecule has 12 heavy (non-hydrogen) atoms. The Bertz CT molecular complexity index is 430. The van der Waals surface area contributed by atoms with Gasteiger partial charge >= 0.3 is 0 Å². The summed E-state index contributed by atoms with van der Waals surface area (Å²) in [6.07, 6.45) is 0. The van der Waals surface area contributed by atoms with Gasteiger partial charge in [-0.3, -0.25) is 5.10 Å². The number of aromatic nitrogens is 4. The molecule has 62 valence electrons. The molecule has 0 atom stereocenters. The van der Waals surface area contributed by atoms with E-state index < -0.39 is 0 Å². The number of nitrogens with zero attached hydrogens (tertiary/aromatic N) is 3. The Kier molecular flexibility index (Phi) is 1.36. The second kappa shape index (κ2) is 2.27. The largest absolute Gasteiger partial charge is 0.280 e. The summed E-state index contributed by atoms with van der Waals surface area (Å²) in [7, 11) is 0. The second-order valence-corrected chi connectivity index (χ2v) is 2.90. The van der Waals surface area contributed by atoms with E-state index in [1.54, 1.807) is 0 Å². The maximum atomic E-state index is 4.29. The van der Waals surface area contributed by atoms with Gasteiger partial charge in [-0.1, -0.05) is 0 Å². The Morgan fingerprint density at radius 3 is 2.50 bits per heavy atom. The van der Waals surface area contributed by atoms with E-state index in [1.807, 2.05) is 20.8 Å². The minimum absolute atomic E-state index is 0.796. The number of H-pyrrole nitrogens is 1. The first-order chi connectivity index (χ1) is 5.68. The van der Waals surface area contributed by atoms with Gasteiger partial charge in [-0.15, -0.1) is 0 Å². The van der Waals surface area contributed by atoms with Crippen molar-refractivity contribution in [2.24, 2.45) is 0 Å². The molecule has 0 aliphatic rings. The van der Waals surface area contributed by atoms with Crippen LogP contribution < -0.4 is 0 Å². The molecule has 0 aromatic carbocycles. The molecule has 0 amide bonds. The van der Waals surface area contributed by atoms with Crippen molar-refractivity contribution in [1.82, 2.24) is 20.2 Å². The number of aromatic amines is 1. The van der Waals surface area contributed by atoms with E-state index in [1.165, 1.54) is 0 Å². The molecule has 0 fully saturated rings. The van der Waals surface area contributed by atoms with Crippen molar-refractivity contribution in [3.63, 3.8) is 0 Å². The normalized spacial score (nSPS) is 10.9. The Labute approximate surface area is 70.0 Å². The molecule has 2 aromatic rings. The lowest BCUT2D eigenvalue weighted by Crippen LogP contribution is -1.91. The summed E-state index contributed by atoms with van der Waals surface area (Å²) in [5, 5.41) is 7.00. The third-order valence-electron chi connectivity index (χ3n) is 1.86. The van der Waals surface area contributed by atoms with Crippen LogP contribution in [0.15, 0.2) is 0 Å². The van der Waals surface area contributed by atoms with Gasteiger partial charge < -0.3 is 0 Å². The zero-order chi connectivity index (χ0) is 8.72. The fourth-order valence-electron chi connectivity index (χ4n) is 1.29. The molecule has 2 heterocycles. The van der Waals surface area contributed by atoms with Crippen molar-refractivity contribution in [1.29, 1.82) is 0 Å². The number of aryl methyl sites for hydroxylation is 3. The Hall–Kier alpha value is -1.45. The smallest absolute Gasteiger partial charge is 0.132 e. The van der Waals surface area contributed by atoms with Gasteiger partial charge in [0.15, 0.2) is 0 Å². The maximum absolute atomic E-state index is 4.29. The van der Waals surface area contributed by atoms with Crippen LogP contribution in [0.4, 0.5) is 0 Å². The zero-order valence-corrected chi connectivity index (χ0v) is 7.34. The van der Waals surface area contributed by atoms with Crippen LogP contribution in [0.2, 0.25) is 0 Å². The molecule has 4 heteroatoms.